The van der Waals surface area contributed by atoms with Gasteiger partial charge in [0.2, 0.25) is 5.91 Å². The molecule has 186 valence electrons. The third-order valence-corrected chi connectivity index (χ3v) is 10.5. The third kappa shape index (κ3) is 4.15. The summed E-state index contributed by atoms with van der Waals surface area (Å²) in [5, 5.41) is 13.9. The van der Waals surface area contributed by atoms with E-state index in [1.165, 1.54) is 25.7 Å². The van der Waals surface area contributed by atoms with Gasteiger partial charge in [-0.15, -0.1) is 0 Å². The molecule has 1 saturated carbocycles. The Morgan fingerprint density at radius 2 is 1.82 bits per heavy atom. The number of rotatable bonds is 4. The van der Waals surface area contributed by atoms with Crippen LogP contribution in [0.4, 0.5) is 0 Å². The summed E-state index contributed by atoms with van der Waals surface area (Å²) in [5.41, 5.74) is 5.43. The van der Waals surface area contributed by atoms with E-state index in [4.69, 9.17) is 0 Å². The largest absolute Gasteiger partial charge is 0.393 e. The lowest BCUT2D eigenvalue weighted by Crippen LogP contribution is -2.53. The molecule has 2 N–H and O–H groups in total. The highest BCUT2D eigenvalue weighted by atomic mass is 16.3. The highest BCUT2D eigenvalue weighted by molar-refractivity contribution is 5.76. The van der Waals surface area contributed by atoms with Crippen LogP contribution in [0.5, 0.6) is 0 Å². The van der Waals surface area contributed by atoms with Crippen molar-refractivity contribution < 1.29 is 9.90 Å². The third-order valence-electron chi connectivity index (χ3n) is 10.5. The molecule has 1 fully saturated rings. The summed E-state index contributed by atoms with van der Waals surface area (Å²) in [6.07, 6.45) is 12.1. The summed E-state index contributed by atoms with van der Waals surface area (Å²) in [5.74, 6) is 1.95. The zero-order valence-corrected chi connectivity index (χ0v) is 22.6. The van der Waals surface area contributed by atoms with Crippen molar-refractivity contribution in [1.29, 1.82) is 0 Å². The number of nitrogens with one attached hydrogen (secondary N) is 1. The number of hydrogen-bond acceptors (Lipinski definition) is 2. The lowest BCUT2D eigenvalue weighted by Gasteiger charge is -2.59. The first-order chi connectivity index (χ1) is 15.2. The molecule has 0 bridgehead atoms. The zero-order valence-electron chi connectivity index (χ0n) is 22.6. The van der Waals surface area contributed by atoms with Crippen molar-refractivity contribution in [3.8, 4) is 0 Å². The first kappa shape index (κ1) is 25.0. The van der Waals surface area contributed by atoms with Crippen LogP contribution < -0.4 is 5.32 Å². The molecule has 0 aromatic rings. The van der Waals surface area contributed by atoms with Gasteiger partial charge >= 0.3 is 0 Å². The quantitative estimate of drug-likeness (QED) is 0.481. The van der Waals surface area contributed by atoms with E-state index in [0.29, 0.717) is 24.2 Å². The van der Waals surface area contributed by atoms with Gasteiger partial charge in [-0.2, -0.15) is 0 Å². The molecule has 4 aliphatic carbocycles. The van der Waals surface area contributed by atoms with Gasteiger partial charge in [-0.3, -0.25) is 4.79 Å². The van der Waals surface area contributed by atoms with Crippen molar-refractivity contribution in [1.82, 2.24) is 5.32 Å². The second-order valence-corrected chi connectivity index (χ2v) is 14.0. The molecule has 4 aliphatic rings. The molecule has 0 aromatic heterocycles. The van der Waals surface area contributed by atoms with Crippen LogP contribution in [0.2, 0.25) is 0 Å². The molecule has 3 nitrogen and oxygen atoms in total. The molecule has 6 atom stereocenters. The molecule has 0 unspecified atom stereocenters. The predicted octanol–water partition coefficient (Wildman–Crippen LogP) is 6.96. The van der Waals surface area contributed by atoms with Gasteiger partial charge in [0.15, 0.2) is 0 Å². The molecule has 0 aliphatic heterocycles. The summed E-state index contributed by atoms with van der Waals surface area (Å²) in [4.78, 5) is 12.4. The topological polar surface area (TPSA) is 49.3 Å². The summed E-state index contributed by atoms with van der Waals surface area (Å²) in [6, 6.07) is 0. The summed E-state index contributed by atoms with van der Waals surface area (Å²) in [6.45, 7) is 18.2. The van der Waals surface area contributed by atoms with Gasteiger partial charge in [-0.1, -0.05) is 46.3 Å². The van der Waals surface area contributed by atoms with Crippen molar-refractivity contribution in [2.24, 2.45) is 34.0 Å². The second-order valence-electron chi connectivity index (χ2n) is 14.0. The molecule has 4 rings (SSSR count). The molecule has 1 amide bonds. The lowest BCUT2D eigenvalue weighted by atomic mass is 9.46. The fourth-order valence-electron chi connectivity index (χ4n) is 8.62. The van der Waals surface area contributed by atoms with E-state index in [2.05, 4.69) is 66.8 Å². The Kier molecular flexibility index (Phi) is 6.25. The molecule has 0 saturated heterocycles. The minimum Gasteiger partial charge on any atom is -0.393 e. The maximum Gasteiger partial charge on any atom is 0.220 e. The molecule has 3 heteroatoms. The fourth-order valence-corrected chi connectivity index (χ4v) is 8.62. The number of hydrogen-bond donors (Lipinski definition) is 2. The second kappa shape index (κ2) is 8.25. The molecular formula is C30H49NO2. The average molecular weight is 456 g/mol. The standard InChI is InChI=1S/C30H49NO2/c1-19(9-14-26(33)31-27(2,3)4)21-11-12-22-20-10-13-24-28(5,6)25(32)16-18-30(24,8)23(20)15-17-29(21,22)7/h12,19,21,24-25,32H,9-11,13-18H2,1-8H3,(H,31,33)/t19-,21-,24+,25+,29-,30-/m1/s1. The number of allylic oxidation sites excluding steroid dienone is 4. The lowest BCUT2D eigenvalue weighted by molar-refractivity contribution is -0.122. The van der Waals surface area contributed by atoms with Gasteiger partial charge in [-0.05, 0) is 117 Å². The van der Waals surface area contributed by atoms with Crippen LogP contribution in [-0.2, 0) is 4.79 Å². The van der Waals surface area contributed by atoms with E-state index >= 15 is 0 Å². The Balaban J connectivity index is 1.52. The average Bonchev–Trinajstić information content (AvgIpc) is 3.05. The Bertz CT molecular complexity index is 859. The van der Waals surface area contributed by atoms with Crippen LogP contribution in [0.25, 0.3) is 0 Å². The summed E-state index contributed by atoms with van der Waals surface area (Å²) >= 11 is 0. The van der Waals surface area contributed by atoms with E-state index in [-0.39, 0.29) is 33.8 Å². The van der Waals surface area contributed by atoms with Gasteiger partial charge in [-0.25, -0.2) is 0 Å². The fraction of sp³-hybridized carbons (Fsp3) is 0.833. The number of amides is 1. The van der Waals surface area contributed by atoms with Crippen molar-refractivity contribution >= 4 is 5.91 Å². The minimum atomic E-state index is -0.169. The normalized spacial score (nSPS) is 38.7. The molecule has 0 heterocycles. The van der Waals surface area contributed by atoms with Crippen molar-refractivity contribution in [3.05, 3.63) is 22.8 Å². The van der Waals surface area contributed by atoms with Crippen molar-refractivity contribution in [3.63, 3.8) is 0 Å². The highest BCUT2D eigenvalue weighted by Crippen LogP contribution is 2.66. The number of aliphatic hydroxyl groups excluding tert-OH is 1. The highest BCUT2D eigenvalue weighted by Gasteiger charge is 2.57. The summed E-state index contributed by atoms with van der Waals surface area (Å²) in [7, 11) is 0. The van der Waals surface area contributed by atoms with Gasteiger partial charge in [0, 0.05) is 12.0 Å². The van der Waals surface area contributed by atoms with Crippen LogP contribution in [-0.4, -0.2) is 22.7 Å². The van der Waals surface area contributed by atoms with Crippen molar-refractivity contribution in [2.75, 3.05) is 0 Å². The van der Waals surface area contributed by atoms with Gasteiger partial charge in [0.05, 0.1) is 6.10 Å². The molecule has 33 heavy (non-hydrogen) atoms. The monoisotopic (exact) mass is 455 g/mol. The zero-order chi connectivity index (χ0) is 24.4. The Hall–Kier alpha value is -1.09. The van der Waals surface area contributed by atoms with E-state index in [0.717, 1.165) is 25.7 Å². The minimum absolute atomic E-state index is 0.00101. The van der Waals surface area contributed by atoms with Crippen LogP contribution in [0, 0.1) is 34.0 Å². The molecule has 0 radical (unpaired) electrons. The van der Waals surface area contributed by atoms with E-state index in [1.807, 2.05) is 0 Å². The van der Waals surface area contributed by atoms with Gasteiger partial charge < -0.3 is 10.4 Å². The van der Waals surface area contributed by atoms with Crippen LogP contribution in [0.3, 0.4) is 0 Å². The number of aliphatic hydroxyl groups is 1. The van der Waals surface area contributed by atoms with E-state index < -0.39 is 0 Å². The SMILES string of the molecule is C[C@H](CCC(=O)NC(C)(C)C)[C@H]1CC=C2C3=C(CC[C@@]21C)[C@@]1(C)CC[C@H](O)C(C)(C)[C@@H]1CC3. The summed E-state index contributed by atoms with van der Waals surface area (Å²) < 4.78 is 0. The van der Waals surface area contributed by atoms with Crippen LogP contribution >= 0.6 is 0 Å². The van der Waals surface area contributed by atoms with Crippen LogP contribution in [0.15, 0.2) is 22.8 Å². The number of carbonyl (C=O) groups is 1. The smallest absolute Gasteiger partial charge is 0.220 e. The number of fused-ring (bicyclic) bond motifs is 4. The van der Waals surface area contributed by atoms with Crippen molar-refractivity contribution in [2.45, 2.75) is 125 Å². The maximum atomic E-state index is 12.4. The molecular weight excluding hydrogens is 406 g/mol. The van der Waals surface area contributed by atoms with Crippen LogP contribution in [0.1, 0.15) is 113 Å². The molecule has 0 aromatic carbocycles. The van der Waals surface area contributed by atoms with Gasteiger partial charge in [0.1, 0.15) is 0 Å². The Morgan fingerprint density at radius 3 is 2.48 bits per heavy atom. The van der Waals surface area contributed by atoms with E-state index in [9.17, 15) is 9.90 Å². The maximum absolute atomic E-state index is 12.4. The predicted molar refractivity (Wildman–Crippen MR) is 137 cm³/mol. The Morgan fingerprint density at radius 1 is 1.12 bits per heavy atom. The molecule has 0 spiro atoms. The first-order valence-electron chi connectivity index (χ1n) is 13.6. The first-order valence-corrected chi connectivity index (χ1v) is 13.6. The van der Waals surface area contributed by atoms with Gasteiger partial charge in [0.25, 0.3) is 0 Å². The Labute approximate surface area is 202 Å². The van der Waals surface area contributed by atoms with E-state index in [1.54, 1.807) is 16.7 Å². The number of carbonyl (C=O) groups excluding carboxylic acids is 1.